The van der Waals surface area contributed by atoms with Crippen LogP contribution in [0.3, 0.4) is 0 Å². The van der Waals surface area contributed by atoms with Crippen molar-refractivity contribution in [1.82, 2.24) is 15.1 Å². The Labute approximate surface area is 106 Å². The molecule has 6 heteroatoms. The summed E-state index contributed by atoms with van der Waals surface area (Å²) in [5, 5.41) is 9.87. The predicted molar refractivity (Wildman–Crippen MR) is 70.7 cm³/mol. The Bertz CT molecular complexity index is 334. The number of anilines is 1. The van der Waals surface area contributed by atoms with Crippen molar-refractivity contribution in [3.63, 3.8) is 0 Å². The molecule has 1 aromatic heterocycles. The summed E-state index contributed by atoms with van der Waals surface area (Å²) in [7, 11) is 0. The van der Waals surface area contributed by atoms with Gasteiger partial charge in [0.25, 0.3) is 0 Å². The predicted octanol–water partition coefficient (Wildman–Crippen LogP) is 1.98. The minimum Gasteiger partial charge on any atom is -0.298 e. The second-order valence-corrected chi connectivity index (χ2v) is 5.56. The summed E-state index contributed by atoms with van der Waals surface area (Å²) in [6.07, 6.45) is 6.79. The Hall–Kier alpha value is -0.720. The third kappa shape index (κ3) is 3.37. The van der Waals surface area contributed by atoms with Crippen molar-refractivity contribution in [1.29, 1.82) is 0 Å². The molecule has 0 spiro atoms. The maximum absolute atomic E-state index is 5.31. The number of hydrogen-bond acceptors (Lipinski definition) is 6. The van der Waals surface area contributed by atoms with Crippen LogP contribution >= 0.6 is 11.3 Å². The summed E-state index contributed by atoms with van der Waals surface area (Å²) in [5.74, 6) is 5.31. The molecule has 2 rings (SSSR count). The standard InChI is InChI=1S/C11H21N5S/c1-2-16(9-6-4-3-5-7-9)8-10-14-15-11(13-12)17-10/h9H,2-8,12H2,1H3,(H,13,15). The number of hydrogen-bond donors (Lipinski definition) is 2. The number of rotatable bonds is 5. The first-order valence-corrected chi connectivity index (χ1v) is 7.18. The molecule has 0 amide bonds. The minimum absolute atomic E-state index is 0.694. The molecule has 96 valence electrons. The van der Waals surface area contributed by atoms with Crippen LogP contribution in [0, 0.1) is 0 Å². The van der Waals surface area contributed by atoms with Crippen LogP contribution in [-0.2, 0) is 6.54 Å². The first-order valence-electron chi connectivity index (χ1n) is 6.36. The summed E-state index contributed by atoms with van der Waals surface area (Å²) >= 11 is 1.54. The minimum atomic E-state index is 0.694. The van der Waals surface area contributed by atoms with Crippen molar-refractivity contribution in [3.05, 3.63) is 5.01 Å². The molecule has 1 aliphatic carbocycles. The third-order valence-electron chi connectivity index (χ3n) is 3.43. The molecule has 3 N–H and O–H groups in total. The average molecular weight is 255 g/mol. The van der Waals surface area contributed by atoms with Gasteiger partial charge in [0.1, 0.15) is 5.01 Å². The first-order chi connectivity index (χ1) is 8.33. The molecular weight excluding hydrogens is 234 g/mol. The van der Waals surface area contributed by atoms with Gasteiger partial charge in [-0.3, -0.25) is 10.3 Å². The fourth-order valence-electron chi connectivity index (χ4n) is 2.49. The maximum atomic E-state index is 5.31. The fraction of sp³-hybridized carbons (Fsp3) is 0.818. The van der Waals surface area contributed by atoms with E-state index < -0.39 is 0 Å². The van der Waals surface area contributed by atoms with E-state index in [1.54, 1.807) is 11.3 Å². The van der Waals surface area contributed by atoms with Crippen molar-refractivity contribution in [2.24, 2.45) is 5.84 Å². The first kappa shape index (κ1) is 12.7. The zero-order valence-electron chi connectivity index (χ0n) is 10.4. The lowest BCUT2D eigenvalue weighted by Gasteiger charge is -2.32. The molecule has 1 saturated carbocycles. The van der Waals surface area contributed by atoms with Crippen LogP contribution in [0.25, 0.3) is 0 Å². The van der Waals surface area contributed by atoms with Gasteiger partial charge in [-0.1, -0.05) is 37.5 Å². The lowest BCUT2D eigenvalue weighted by Crippen LogP contribution is -2.36. The molecule has 1 fully saturated rings. The number of nitrogens with zero attached hydrogens (tertiary/aromatic N) is 3. The molecule has 1 heterocycles. The van der Waals surface area contributed by atoms with Gasteiger partial charge in [-0.05, 0) is 19.4 Å². The highest BCUT2D eigenvalue weighted by molar-refractivity contribution is 7.15. The van der Waals surface area contributed by atoms with Gasteiger partial charge in [-0.25, -0.2) is 5.84 Å². The van der Waals surface area contributed by atoms with Gasteiger partial charge >= 0.3 is 0 Å². The number of aromatic nitrogens is 2. The lowest BCUT2D eigenvalue weighted by molar-refractivity contribution is 0.155. The third-order valence-corrected chi connectivity index (χ3v) is 4.27. The van der Waals surface area contributed by atoms with E-state index in [2.05, 4.69) is 27.4 Å². The van der Waals surface area contributed by atoms with Crippen molar-refractivity contribution in [3.8, 4) is 0 Å². The summed E-state index contributed by atoms with van der Waals surface area (Å²) in [4.78, 5) is 2.51. The van der Waals surface area contributed by atoms with E-state index in [0.29, 0.717) is 5.13 Å². The molecule has 0 radical (unpaired) electrons. The second kappa shape index (κ2) is 6.28. The molecule has 1 aromatic rings. The lowest BCUT2D eigenvalue weighted by atomic mass is 9.94. The Morgan fingerprint density at radius 1 is 1.35 bits per heavy atom. The summed E-state index contributed by atoms with van der Waals surface area (Å²) in [6.45, 7) is 4.20. The molecule has 0 atom stereocenters. The zero-order valence-corrected chi connectivity index (χ0v) is 11.2. The average Bonchev–Trinajstić information content (AvgIpc) is 2.84. The van der Waals surface area contributed by atoms with Crippen molar-refractivity contribution in [2.75, 3.05) is 12.0 Å². The number of hydrazine groups is 1. The number of nitrogen functional groups attached to an aromatic ring is 1. The van der Waals surface area contributed by atoms with E-state index in [9.17, 15) is 0 Å². The van der Waals surface area contributed by atoms with Crippen LogP contribution in [0.15, 0.2) is 0 Å². The van der Waals surface area contributed by atoms with Gasteiger partial charge in [0.05, 0.1) is 6.54 Å². The van der Waals surface area contributed by atoms with Crippen molar-refractivity contribution in [2.45, 2.75) is 51.6 Å². The number of nitrogens with two attached hydrogens (primary N) is 1. The quantitative estimate of drug-likeness (QED) is 0.622. The monoisotopic (exact) mass is 255 g/mol. The molecule has 0 aromatic carbocycles. The van der Waals surface area contributed by atoms with Gasteiger partial charge < -0.3 is 0 Å². The van der Waals surface area contributed by atoms with E-state index in [-0.39, 0.29) is 0 Å². The Morgan fingerprint density at radius 3 is 2.71 bits per heavy atom. The molecule has 1 aliphatic rings. The largest absolute Gasteiger partial charge is 0.298 e. The van der Waals surface area contributed by atoms with Gasteiger partial charge in [0.2, 0.25) is 5.13 Å². The normalized spacial score (nSPS) is 17.6. The fourth-order valence-corrected chi connectivity index (χ4v) is 3.17. The van der Waals surface area contributed by atoms with Crippen LogP contribution < -0.4 is 11.3 Å². The zero-order chi connectivity index (χ0) is 12.1. The van der Waals surface area contributed by atoms with E-state index in [4.69, 9.17) is 5.84 Å². The molecular formula is C11H21N5S. The van der Waals surface area contributed by atoms with Gasteiger partial charge in [0, 0.05) is 6.04 Å². The SMILES string of the molecule is CCN(Cc1nnc(NN)s1)C1CCCCC1. The Morgan fingerprint density at radius 2 is 2.12 bits per heavy atom. The highest BCUT2D eigenvalue weighted by Gasteiger charge is 2.21. The van der Waals surface area contributed by atoms with Crippen LogP contribution in [0.1, 0.15) is 44.0 Å². The van der Waals surface area contributed by atoms with Gasteiger partial charge in [-0.15, -0.1) is 10.2 Å². The van der Waals surface area contributed by atoms with E-state index in [1.165, 1.54) is 32.1 Å². The van der Waals surface area contributed by atoms with E-state index >= 15 is 0 Å². The van der Waals surface area contributed by atoms with Crippen molar-refractivity contribution >= 4 is 16.5 Å². The highest BCUT2D eigenvalue weighted by atomic mass is 32.1. The van der Waals surface area contributed by atoms with Gasteiger partial charge in [-0.2, -0.15) is 0 Å². The summed E-state index contributed by atoms with van der Waals surface area (Å²) in [5.41, 5.74) is 2.54. The molecule has 5 nitrogen and oxygen atoms in total. The summed E-state index contributed by atoms with van der Waals surface area (Å²) in [6, 6.07) is 0.729. The maximum Gasteiger partial charge on any atom is 0.219 e. The van der Waals surface area contributed by atoms with Crippen LogP contribution in [0.2, 0.25) is 0 Å². The van der Waals surface area contributed by atoms with Crippen LogP contribution in [0.4, 0.5) is 5.13 Å². The Kier molecular flexibility index (Phi) is 4.70. The van der Waals surface area contributed by atoms with E-state index in [0.717, 1.165) is 24.1 Å². The topological polar surface area (TPSA) is 67.1 Å². The van der Waals surface area contributed by atoms with Crippen molar-refractivity contribution < 1.29 is 0 Å². The highest BCUT2D eigenvalue weighted by Crippen LogP contribution is 2.25. The molecule has 0 bridgehead atoms. The van der Waals surface area contributed by atoms with Gasteiger partial charge in [0.15, 0.2) is 0 Å². The second-order valence-electron chi connectivity index (χ2n) is 4.50. The van der Waals surface area contributed by atoms with E-state index in [1.807, 2.05) is 0 Å². The van der Waals surface area contributed by atoms with Crippen LogP contribution in [0.5, 0.6) is 0 Å². The Balaban J connectivity index is 1.93. The number of nitrogens with one attached hydrogen (secondary N) is 1. The van der Waals surface area contributed by atoms with Crippen LogP contribution in [-0.4, -0.2) is 27.7 Å². The summed E-state index contributed by atoms with van der Waals surface area (Å²) < 4.78 is 0. The molecule has 0 aliphatic heterocycles. The molecule has 0 unspecified atom stereocenters. The smallest absolute Gasteiger partial charge is 0.219 e. The molecule has 17 heavy (non-hydrogen) atoms. The molecule has 0 saturated heterocycles.